The number of hydrogen-bond donors (Lipinski definition) is 3. The van der Waals surface area contributed by atoms with E-state index in [1.807, 2.05) is 30.5 Å². The molecule has 3 aromatic rings. The fourth-order valence-corrected chi connectivity index (χ4v) is 2.89. The van der Waals surface area contributed by atoms with Gasteiger partial charge in [-0.3, -0.25) is 9.78 Å². The predicted octanol–water partition coefficient (Wildman–Crippen LogP) is 4.00. The summed E-state index contributed by atoms with van der Waals surface area (Å²) in [5, 5.41) is 6.14. The first-order valence-electron chi connectivity index (χ1n) is 9.01. The summed E-state index contributed by atoms with van der Waals surface area (Å²) in [4.78, 5) is 17.0. The van der Waals surface area contributed by atoms with Crippen molar-refractivity contribution in [3.05, 3.63) is 77.5 Å². The van der Waals surface area contributed by atoms with Crippen LogP contribution in [0, 0.1) is 6.92 Å². The number of nitrogens with one attached hydrogen (secondary N) is 2. The van der Waals surface area contributed by atoms with Gasteiger partial charge in [0.1, 0.15) is 0 Å². The van der Waals surface area contributed by atoms with Crippen molar-refractivity contribution in [2.45, 2.75) is 20.4 Å². The van der Waals surface area contributed by atoms with Gasteiger partial charge in [-0.2, -0.15) is 0 Å². The fourth-order valence-electron chi connectivity index (χ4n) is 2.89. The molecule has 4 N–H and O–H groups in total. The fraction of sp³-hybridized carbons (Fsp3) is 0.182. The van der Waals surface area contributed by atoms with Crippen LogP contribution in [0.3, 0.4) is 0 Å². The number of nitrogens with zero attached hydrogens (tertiary/aromatic N) is 1. The molecule has 0 aliphatic heterocycles. The first-order valence-corrected chi connectivity index (χ1v) is 9.01. The van der Waals surface area contributed by atoms with E-state index in [9.17, 15) is 4.79 Å². The summed E-state index contributed by atoms with van der Waals surface area (Å²) in [5.41, 5.74) is 11.8. The second kappa shape index (κ2) is 8.47. The molecular weight excluding hydrogens is 336 g/mol. The number of pyridine rings is 1. The van der Waals surface area contributed by atoms with Crippen LogP contribution >= 0.6 is 0 Å². The van der Waals surface area contributed by atoms with E-state index < -0.39 is 0 Å². The van der Waals surface area contributed by atoms with Crippen molar-refractivity contribution < 1.29 is 4.79 Å². The standard InChI is InChI=1S/C22H24N4O/c1-3-24-13-16-12-15(2)21(25-14-16)17-8-10-18(11-9-17)22(27)26-20-7-5-4-6-19(20)23/h4-12,14,24H,3,13,23H2,1-2H3,(H,26,27). The third kappa shape index (κ3) is 4.51. The molecule has 5 nitrogen and oxygen atoms in total. The summed E-state index contributed by atoms with van der Waals surface area (Å²) in [7, 11) is 0. The van der Waals surface area contributed by atoms with E-state index in [1.54, 1.807) is 24.3 Å². The van der Waals surface area contributed by atoms with Gasteiger partial charge in [-0.25, -0.2) is 0 Å². The lowest BCUT2D eigenvalue weighted by Crippen LogP contribution is -2.13. The Morgan fingerprint density at radius 1 is 1.11 bits per heavy atom. The summed E-state index contributed by atoms with van der Waals surface area (Å²) in [6, 6.07) is 16.8. The van der Waals surface area contributed by atoms with Gasteiger partial charge < -0.3 is 16.4 Å². The molecule has 1 aromatic heterocycles. The molecule has 27 heavy (non-hydrogen) atoms. The summed E-state index contributed by atoms with van der Waals surface area (Å²) in [6.07, 6.45) is 1.89. The zero-order valence-electron chi connectivity index (χ0n) is 15.6. The van der Waals surface area contributed by atoms with Crippen LogP contribution in [0.1, 0.15) is 28.4 Å². The number of hydrogen-bond acceptors (Lipinski definition) is 4. The van der Waals surface area contributed by atoms with E-state index >= 15 is 0 Å². The molecule has 2 aromatic carbocycles. The van der Waals surface area contributed by atoms with E-state index in [4.69, 9.17) is 5.73 Å². The minimum atomic E-state index is -0.190. The van der Waals surface area contributed by atoms with Gasteiger partial charge >= 0.3 is 0 Å². The summed E-state index contributed by atoms with van der Waals surface area (Å²) in [5.74, 6) is -0.190. The van der Waals surface area contributed by atoms with Crippen LogP contribution < -0.4 is 16.4 Å². The highest BCUT2D eigenvalue weighted by Gasteiger charge is 2.10. The molecule has 0 fully saturated rings. The van der Waals surface area contributed by atoms with E-state index in [1.165, 1.54) is 0 Å². The van der Waals surface area contributed by atoms with Crippen molar-refractivity contribution in [3.8, 4) is 11.3 Å². The van der Waals surface area contributed by atoms with Crippen LogP contribution in [0.4, 0.5) is 11.4 Å². The smallest absolute Gasteiger partial charge is 0.255 e. The lowest BCUT2D eigenvalue weighted by molar-refractivity contribution is 0.102. The number of benzene rings is 2. The molecule has 0 unspecified atom stereocenters. The Morgan fingerprint density at radius 2 is 1.85 bits per heavy atom. The van der Waals surface area contributed by atoms with E-state index in [2.05, 4.69) is 35.5 Å². The molecule has 1 amide bonds. The van der Waals surface area contributed by atoms with Gasteiger partial charge in [-0.1, -0.05) is 37.3 Å². The van der Waals surface area contributed by atoms with Gasteiger partial charge in [0, 0.05) is 23.9 Å². The second-order valence-electron chi connectivity index (χ2n) is 6.41. The zero-order chi connectivity index (χ0) is 19.2. The molecular formula is C22H24N4O. The maximum Gasteiger partial charge on any atom is 0.255 e. The van der Waals surface area contributed by atoms with E-state index in [0.717, 1.165) is 35.5 Å². The van der Waals surface area contributed by atoms with Crippen LogP contribution in [-0.4, -0.2) is 17.4 Å². The van der Waals surface area contributed by atoms with Crippen LogP contribution in [0.2, 0.25) is 0 Å². The highest BCUT2D eigenvalue weighted by Crippen LogP contribution is 2.23. The molecule has 0 aliphatic carbocycles. The monoisotopic (exact) mass is 360 g/mol. The van der Waals surface area contributed by atoms with Gasteiger partial charge in [-0.15, -0.1) is 0 Å². The number of carbonyl (C=O) groups excluding carboxylic acids is 1. The lowest BCUT2D eigenvalue weighted by Gasteiger charge is -2.10. The van der Waals surface area contributed by atoms with Gasteiger partial charge in [-0.05, 0) is 48.9 Å². The first-order chi connectivity index (χ1) is 13.1. The Kier molecular flexibility index (Phi) is 5.84. The molecule has 0 atom stereocenters. The van der Waals surface area contributed by atoms with Gasteiger partial charge in [0.15, 0.2) is 0 Å². The highest BCUT2D eigenvalue weighted by molar-refractivity contribution is 6.05. The van der Waals surface area contributed by atoms with Crippen molar-refractivity contribution in [2.75, 3.05) is 17.6 Å². The van der Waals surface area contributed by atoms with E-state index in [0.29, 0.717) is 16.9 Å². The Hall–Kier alpha value is -3.18. The van der Waals surface area contributed by atoms with Gasteiger partial charge in [0.05, 0.1) is 17.1 Å². The SMILES string of the molecule is CCNCc1cnc(-c2ccc(C(=O)Nc3ccccc3N)cc2)c(C)c1. The predicted molar refractivity (Wildman–Crippen MR) is 111 cm³/mol. The molecule has 0 saturated heterocycles. The Morgan fingerprint density at radius 3 is 2.52 bits per heavy atom. The van der Waals surface area contributed by atoms with Crippen LogP contribution in [-0.2, 0) is 6.54 Å². The van der Waals surface area contributed by atoms with E-state index in [-0.39, 0.29) is 5.91 Å². The summed E-state index contributed by atoms with van der Waals surface area (Å²) in [6.45, 7) is 5.88. The zero-order valence-corrected chi connectivity index (χ0v) is 15.6. The minimum Gasteiger partial charge on any atom is -0.397 e. The molecule has 0 bridgehead atoms. The maximum atomic E-state index is 12.4. The van der Waals surface area contributed by atoms with Crippen molar-refractivity contribution in [1.82, 2.24) is 10.3 Å². The topological polar surface area (TPSA) is 80.0 Å². The number of carbonyl (C=O) groups is 1. The highest BCUT2D eigenvalue weighted by atomic mass is 16.1. The lowest BCUT2D eigenvalue weighted by atomic mass is 10.0. The Labute approximate surface area is 159 Å². The van der Waals surface area contributed by atoms with Crippen LogP contribution in [0.25, 0.3) is 11.3 Å². The van der Waals surface area contributed by atoms with Crippen molar-refractivity contribution in [1.29, 1.82) is 0 Å². The average molecular weight is 360 g/mol. The number of para-hydroxylation sites is 2. The van der Waals surface area contributed by atoms with Crippen molar-refractivity contribution >= 4 is 17.3 Å². The molecule has 5 heteroatoms. The van der Waals surface area contributed by atoms with Crippen molar-refractivity contribution in [2.24, 2.45) is 0 Å². The molecule has 3 rings (SSSR count). The quantitative estimate of drug-likeness (QED) is 0.581. The first kappa shape index (κ1) is 18.6. The molecule has 0 aliphatic rings. The maximum absolute atomic E-state index is 12.4. The van der Waals surface area contributed by atoms with Crippen molar-refractivity contribution in [3.63, 3.8) is 0 Å². The molecule has 0 spiro atoms. The average Bonchev–Trinajstić information content (AvgIpc) is 2.68. The number of aromatic nitrogens is 1. The van der Waals surface area contributed by atoms with Crippen LogP contribution in [0.15, 0.2) is 60.8 Å². The molecule has 138 valence electrons. The second-order valence-corrected chi connectivity index (χ2v) is 6.41. The molecule has 1 heterocycles. The molecule has 0 saturated carbocycles. The van der Waals surface area contributed by atoms with Gasteiger partial charge in [0.2, 0.25) is 0 Å². The largest absolute Gasteiger partial charge is 0.397 e. The number of nitrogens with two attached hydrogens (primary N) is 1. The van der Waals surface area contributed by atoms with Crippen LogP contribution in [0.5, 0.6) is 0 Å². The molecule has 0 radical (unpaired) electrons. The Bertz CT molecular complexity index is 935. The third-order valence-electron chi connectivity index (χ3n) is 4.34. The Balaban J connectivity index is 1.75. The van der Waals surface area contributed by atoms with Gasteiger partial charge in [0.25, 0.3) is 5.91 Å². The normalized spacial score (nSPS) is 10.6. The number of anilines is 2. The minimum absolute atomic E-state index is 0.190. The number of aryl methyl sites for hydroxylation is 1. The number of amides is 1. The third-order valence-corrected chi connectivity index (χ3v) is 4.34. The number of nitrogen functional groups attached to an aromatic ring is 1. The number of rotatable bonds is 6. The summed E-state index contributed by atoms with van der Waals surface area (Å²) >= 11 is 0. The summed E-state index contributed by atoms with van der Waals surface area (Å²) < 4.78 is 0.